The summed E-state index contributed by atoms with van der Waals surface area (Å²) in [5.74, 6) is 0.786. The first-order valence-electron chi connectivity index (χ1n) is 4.10. The van der Waals surface area contributed by atoms with Crippen LogP contribution >= 0.6 is 0 Å². The Morgan fingerprint density at radius 3 is 2.55 bits per heavy atom. The molecular weight excluding hydrogens is 138 g/mol. The summed E-state index contributed by atoms with van der Waals surface area (Å²) in [6.45, 7) is 3.88. The molecule has 0 spiro atoms. The predicted octanol–water partition coefficient (Wildman–Crippen LogP) is 0.705. The highest BCUT2D eigenvalue weighted by molar-refractivity contribution is 5.80. The highest BCUT2D eigenvalue weighted by atomic mass is 15.0. The van der Waals surface area contributed by atoms with Crippen molar-refractivity contribution in [1.29, 1.82) is 0 Å². The van der Waals surface area contributed by atoms with Crippen LogP contribution in [-0.4, -0.2) is 37.9 Å². The summed E-state index contributed by atoms with van der Waals surface area (Å²) in [7, 11) is 4.13. The zero-order chi connectivity index (χ0) is 8.69. The van der Waals surface area contributed by atoms with Gasteiger partial charge < -0.3 is 10.6 Å². The Balaban J connectivity index is 3.31. The van der Waals surface area contributed by atoms with E-state index < -0.39 is 0 Å². The molecular formula is C8H19N3. The fourth-order valence-electron chi connectivity index (χ4n) is 0.859. The molecule has 0 amide bonds. The number of amidine groups is 1. The Labute approximate surface area is 69.3 Å². The molecule has 0 aromatic carbocycles. The van der Waals surface area contributed by atoms with Crippen LogP contribution in [0.4, 0.5) is 0 Å². The monoisotopic (exact) mass is 157 g/mol. The van der Waals surface area contributed by atoms with Crippen molar-refractivity contribution >= 4 is 5.84 Å². The number of aliphatic imine (C=N–C) groups is 1. The van der Waals surface area contributed by atoms with E-state index in [0.29, 0.717) is 0 Å². The third-order valence-corrected chi connectivity index (χ3v) is 1.40. The van der Waals surface area contributed by atoms with Crippen LogP contribution in [-0.2, 0) is 0 Å². The molecule has 0 atom stereocenters. The second-order valence-corrected chi connectivity index (χ2v) is 2.87. The first-order chi connectivity index (χ1) is 5.16. The average Bonchev–Trinajstić information content (AvgIpc) is 1.87. The van der Waals surface area contributed by atoms with Crippen LogP contribution in [0.5, 0.6) is 0 Å². The molecule has 3 heteroatoms. The molecule has 0 unspecified atom stereocenters. The summed E-state index contributed by atoms with van der Waals surface area (Å²) in [4.78, 5) is 6.25. The maximum atomic E-state index is 5.60. The van der Waals surface area contributed by atoms with Crippen molar-refractivity contribution in [2.45, 2.75) is 19.8 Å². The second kappa shape index (κ2) is 6.16. The molecule has 0 bridgehead atoms. The summed E-state index contributed by atoms with van der Waals surface area (Å²) in [6.07, 6.45) is 2.02. The van der Waals surface area contributed by atoms with Crippen LogP contribution < -0.4 is 5.73 Å². The molecule has 0 aliphatic carbocycles. The van der Waals surface area contributed by atoms with Crippen molar-refractivity contribution in [3.63, 3.8) is 0 Å². The van der Waals surface area contributed by atoms with Crippen LogP contribution in [0.25, 0.3) is 0 Å². The maximum absolute atomic E-state index is 5.60. The largest absolute Gasteiger partial charge is 0.387 e. The topological polar surface area (TPSA) is 41.6 Å². The van der Waals surface area contributed by atoms with E-state index >= 15 is 0 Å². The Bertz CT molecular complexity index is 119. The highest BCUT2D eigenvalue weighted by Crippen LogP contribution is 1.90. The van der Waals surface area contributed by atoms with Crippen molar-refractivity contribution in [2.75, 3.05) is 27.2 Å². The molecule has 3 nitrogen and oxygen atoms in total. The van der Waals surface area contributed by atoms with E-state index in [-0.39, 0.29) is 0 Å². The van der Waals surface area contributed by atoms with E-state index in [9.17, 15) is 0 Å². The van der Waals surface area contributed by atoms with E-state index in [1.165, 1.54) is 0 Å². The van der Waals surface area contributed by atoms with Crippen LogP contribution in [0, 0.1) is 0 Å². The molecule has 0 aromatic rings. The Morgan fingerprint density at radius 1 is 1.45 bits per heavy atom. The zero-order valence-electron chi connectivity index (χ0n) is 7.80. The van der Waals surface area contributed by atoms with Crippen LogP contribution in [0.2, 0.25) is 0 Å². The van der Waals surface area contributed by atoms with Crippen LogP contribution in [0.1, 0.15) is 19.8 Å². The van der Waals surface area contributed by atoms with E-state index in [4.69, 9.17) is 5.73 Å². The number of rotatable bonds is 5. The van der Waals surface area contributed by atoms with Gasteiger partial charge >= 0.3 is 0 Å². The van der Waals surface area contributed by atoms with Crippen molar-refractivity contribution in [3.8, 4) is 0 Å². The fraction of sp³-hybridized carbons (Fsp3) is 0.875. The van der Waals surface area contributed by atoms with Gasteiger partial charge in [-0.3, -0.25) is 4.99 Å². The summed E-state index contributed by atoms with van der Waals surface area (Å²) < 4.78 is 0. The first-order valence-corrected chi connectivity index (χ1v) is 4.10. The minimum absolute atomic E-state index is 0.786. The first kappa shape index (κ1) is 10.4. The Kier molecular flexibility index (Phi) is 5.84. The summed E-state index contributed by atoms with van der Waals surface area (Å²) in [5, 5.41) is 0. The van der Waals surface area contributed by atoms with Crippen LogP contribution in [0.15, 0.2) is 4.99 Å². The van der Waals surface area contributed by atoms with Gasteiger partial charge in [-0.1, -0.05) is 0 Å². The smallest absolute Gasteiger partial charge is 0.0937 e. The molecule has 11 heavy (non-hydrogen) atoms. The van der Waals surface area contributed by atoms with Crippen molar-refractivity contribution in [2.24, 2.45) is 10.7 Å². The molecule has 0 saturated carbocycles. The number of nitrogens with two attached hydrogens (primary N) is 1. The van der Waals surface area contributed by atoms with Crippen LogP contribution in [0.3, 0.4) is 0 Å². The number of hydrogen-bond acceptors (Lipinski definition) is 2. The van der Waals surface area contributed by atoms with Crippen molar-refractivity contribution in [3.05, 3.63) is 0 Å². The maximum Gasteiger partial charge on any atom is 0.0937 e. The molecule has 66 valence electrons. The predicted molar refractivity (Wildman–Crippen MR) is 50.0 cm³/mol. The lowest BCUT2D eigenvalue weighted by atomic mass is 10.3. The van der Waals surface area contributed by atoms with Gasteiger partial charge in [-0.05, 0) is 34.0 Å². The van der Waals surface area contributed by atoms with Gasteiger partial charge in [0.15, 0.2) is 0 Å². The summed E-state index contributed by atoms with van der Waals surface area (Å²) in [5.41, 5.74) is 5.60. The van der Waals surface area contributed by atoms with Crippen molar-refractivity contribution in [1.82, 2.24) is 4.90 Å². The normalized spacial score (nSPS) is 12.5. The lowest BCUT2D eigenvalue weighted by Crippen LogP contribution is -2.17. The molecule has 0 heterocycles. The molecule has 0 saturated heterocycles. The molecule has 0 rings (SSSR count). The lowest BCUT2D eigenvalue weighted by molar-refractivity contribution is 0.403. The van der Waals surface area contributed by atoms with E-state index in [2.05, 4.69) is 24.0 Å². The molecule has 0 aromatic heterocycles. The molecule has 0 aliphatic heterocycles. The van der Waals surface area contributed by atoms with Gasteiger partial charge in [0.05, 0.1) is 5.84 Å². The SMILES string of the molecule is CCN=C(N)CCCN(C)C. The lowest BCUT2D eigenvalue weighted by Gasteiger charge is -2.07. The molecule has 0 radical (unpaired) electrons. The van der Waals surface area contributed by atoms with Crippen molar-refractivity contribution < 1.29 is 0 Å². The van der Waals surface area contributed by atoms with Gasteiger partial charge in [0, 0.05) is 13.0 Å². The Hall–Kier alpha value is -0.570. The van der Waals surface area contributed by atoms with Gasteiger partial charge in [-0.2, -0.15) is 0 Å². The number of nitrogens with zero attached hydrogens (tertiary/aromatic N) is 2. The fourth-order valence-corrected chi connectivity index (χ4v) is 0.859. The minimum Gasteiger partial charge on any atom is -0.387 e. The van der Waals surface area contributed by atoms with E-state index in [1.807, 2.05) is 6.92 Å². The van der Waals surface area contributed by atoms with Gasteiger partial charge in [0.25, 0.3) is 0 Å². The third-order valence-electron chi connectivity index (χ3n) is 1.40. The highest BCUT2D eigenvalue weighted by Gasteiger charge is 1.93. The van der Waals surface area contributed by atoms with Gasteiger partial charge in [0.1, 0.15) is 0 Å². The Morgan fingerprint density at radius 2 is 2.09 bits per heavy atom. The minimum atomic E-state index is 0.786. The summed E-state index contributed by atoms with van der Waals surface area (Å²) in [6, 6.07) is 0. The van der Waals surface area contributed by atoms with Gasteiger partial charge in [-0.15, -0.1) is 0 Å². The number of hydrogen-bond donors (Lipinski definition) is 1. The standard InChI is InChI=1S/C8H19N3/c1-4-10-8(9)6-5-7-11(2)3/h4-7H2,1-3H3,(H2,9,10). The summed E-state index contributed by atoms with van der Waals surface area (Å²) >= 11 is 0. The molecule has 0 aliphatic rings. The second-order valence-electron chi connectivity index (χ2n) is 2.87. The quantitative estimate of drug-likeness (QED) is 0.471. The van der Waals surface area contributed by atoms with Gasteiger partial charge in [-0.25, -0.2) is 0 Å². The molecule has 2 N–H and O–H groups in total. The van der Waals surface area contributed by atoms with Gasteiger partial charge in [0.2, 0.25) is 0 Å². The van der Waals surface area contributed by atoms with E-state index in [1.54, 1.807) is 0 Å². The zero-order valence-corrected chi connectivity index (χ0v) is 7.80. The average molecular weight is 157 g/mol. The van der Waals surface area contributed by atoms with E-state index in [0.717, 1.165) is 31.8 Å². The third kappa shape index (κ3) is 7.33. The molecule has 0 fully saturated rings.